The summed E-state index contributed by atoms with van der Waals surface area (Å²) in [6.07, 6.45) is 1.94. The van der Waals surface area contributed by atoms with Gasteiger partial charge in [-0.3, -0.25) is 4.79 Å². The van der Waals surface area contributed by atoms with Gasteiger partial charge in [-0.05, 0) is 99.0 Å². The normalized spacial score (nSPS) is 16.4. The van der Waals surface area contributed by atoms with Crippen LogP contribution < -0.4 is 5.32 Å². The summed E-state index contributed by atoms with van der Waals surface area (Å²) in [4.78, 5) is 17.7. The van der Waals surface area contributed by atoms with E-state index in [4.69, 9.17) is 11.6 Å². The Kier molecular flexibility index (Phi) is 5.82. The fraction of sp³-hybridized carbons (Fsp3) is 0.200. The number of benzene rings is 2. The molecule has 0 bridgehead atoms. The molecule has 3 aromatic rings. The van der Waals surface area contributed by atoms with Crippen molar-refractivity contribution in [1.82, 2.24) is 9.88 Å². The molecule has 6 heteroatoms. The quantitative estimate of drug-likeness (QED) is 0.460. The summed E-state index contributed by atoms with van der Waals surface area (Å²) < 4.78 is 2.25. The molecule has 0 unspecified atom stereocenters. The van der Waals surface area contributed by atoms with Crippen molar-refractivity contribution in [3.63, 3.8) is 0 Å². The maximum absolute atomic E-state index is 12.6. The number of nitrogens with zero attached hydrogens (tertiary/aromatic N) is 2. The number of hydrogen-bond donors (Lipinski definition) is 1. The Morgan fingerprint density at radius 1 is 1.03 bits per heavy atom. The molecule has 0 saturated carbocycles. The molecule has 0 spiro atoms. The summed E-state index contributed by atoms with van der Waals surface area (Å²) in [5.74, 6) is -0.140. The number of carbonyl (C=O) groups excluding carboxylic acids is 1. The zero-order valence-corrected chi connectivity index (χ0v) is 19.8. The van der Waals surface area contributed by atoms with Crippen LogP contribution in [-0.2, 0) is 4.79 Å². The number of aliphatic imine (C=N–C) groups is 1. The number of nitrogens with one attached hydrogen (secondary N) is 1. The average Bonchev–Trinajstić information content (AvgIpc) is 3.19. The van der Waals surface area contributed by atoms with Crippen LogP contribution in [0.4, 0.5) is 5.69 Å². The van der Waals surface area contributed by atoms with Crippen LogP contribution in [0.2, 0.25) is 5.02 Å². The molecule has 1 fully saturated rings. The van der Waals surface area contributed by atoms with Gasteiger partial charge in [-0.25, -0.2) is 4.99 Å². The van der Waals surface area contributed by atoms with Gasteiger partial charge >= 0.3 is 0 Å². The van der Waals surface area contributed by atoms with E-state index in [-0.39, 0.29) is 5.91 Å². The summed E-state index contributed by atoms with van der Waals surface area (Å²) >= 11 is 7.53. The minimum Gasteiger partial charge on any atom is -0.318 e. The predicted molar refractivity (Wildman–Crippen MR) is 132 cm³/mol. The van der Waals surface area contributed by atoms with Gasteiger partial charge in [-0.15, -0.1) is 0 Å². The number of hydrogen-bond acceptors (Lipinski definition) is 3. The first-order valence-electron chi connectivity index (χ1n) is 10.1. The van der Waals surface area contributed by atoms with Crippen LogP contribution in [0.25, 0.3) is 11.8 Å². The lowest BCUT2D eigenvalue weighted by molar-refractivity contribution is -0.115. The fourth-order valence-electron chi connectivity index (χ4n) is 3.67. The third-order valence-corrected chi connectivity index (χ3v) is 6.93. The fourth-order valence-corrected chi connectivity index (χ4v) is 4.68. The van der Waals surface area contributed by atoms with Gasteiger partial charge in [-0.1, -0.05) is 29.8 Å². The number of amidine groups is 1. The molecule has 4 rings (SSSR count). The molecule has 2 aromatic carbocycles. The van der Waals surface area contributed by atoms with Crippen LogP contribution in [0.15, 0.2) is 52.4 Å². The van der Waals surface area contributed by atoms with Gasteiger partial charge in [0.25, 0.3) is 5.91 Å². The van der Waals surface area contributed by atoms with Gasteiger partial charge in [0.05, 0.1) is 10.6 Å². The molecule has 1 aromatic heterocycles. The van der Waals surface area contributed by atoms with Crippen molar-refractivity contribution >= 4 is 46.2 Å². The van der Waals surface area contributed by atoms with Crippen molar-refractivity contribution in [3.05, 3.63) is 86.0 Å². The van der Waals surface area contributed by atoms with E-state index in [2.05, 4.69) is 66.8 Å². The van der Waals surface area contributed by atoms with E-state index in [9.17, 15) is 4.79 Å². The molecule has 31 heavy (non-hydrogen) atoms. The maximum Gasteiger partial charge on any atom is 0.264 e. The number of rotatable bonds is 3. The minimum atomic E-state index is -0.140. The Morgan fingerprint density at radius 3 is 2.55 bits per heavy atom. The number of aromatic nitrogens is 1. The zero-order valence-electron chi connectivity index (χ0n) is 18.2. The molecule has 4 nitrogen and oxygen atoms in total. The van der Waals surface area contributed by atoms with Gasteiger partial charge in [0.1, 0.15) is 0 Å². The first kappa shape index (κ1) is 21.5. The first-order valence-corrected chi connectivity index (χ1v) is 11.3. The van der Waals surface area contributed by atoms with Crippen LogP contribution in [0, 0.1) is 34.6 Å². The summed E-state index contributed by atoms with van der Waals surface area (Å²) in [6, 6.07) is 14.1. The SMILES string of the molecule is Cc1ccc(N=C2NC(=O)/C(=C/c3cc(C)n(-c4cccc(C)c4C)c3C)S2)cc1Cl. The standard InChI is InChI=1S/C25H24ClN3OS/c1-14-7-6-8-22(17(14)4)29-16(3)11-19(18(29)5)12-23-24(30)28-25(31-23)27-20-10-9-15(2)21(26)13-20/h6-13H,1-5H3,(H,27,28,30)/b23-12-. The van der Waals surface area contributed by atoms with Crippen molar-refractivity contribution in [3.8, 4) is 5.69 Å². The Balaban J connectivity index is 1.66. The summed E-state index contributed by atoms with van der Waals surface area (Å²) in [7, 11) is 0. The Hall–Kier alpha value is -2.76. The van der Waals surface area contributed by atoms with Crippen molar-refractivity contribution in [1.29, 1.82) is 0 Å². The van der Waals surface area contributed by atoms with Gasteiger partial charge in [-0.2, -0.15) is 0 Å². The van der Waals surface area contributed by atoms with E-state index in [1.165, 1.54) is 28.6 Å². The van der Waals surface area contributed by atoms with Crippen molar-refractivity contribution < 1.29 is 4.79 Å². The van der Waals surface area contributed by atoms with Gasteiger partial charge in [0, 0.05) is 22.1 Å². The molecular formula is C25H24ClN3OS. The largest absolute Gasteiger partial charge is 0.318 e. The molecule has 0 aliphatic carbocycles. The molecule has 158 valence electrons. The molecule has 0 atom stereocenters. The van der Waals surface area contributed by atoms with E-state index in [1.54, 1.807) is 6.07 Å². The van der Waals surface area contributed by atoms with Crippen LogP contribution in [0.5, 0.6) is 0 Å². The van der Waals surface area contributed by atoms with Crippen molar-refractivity contribution in [2.75, 3.05) is 0 Å². The predicted octanol–water partition coefficient (Wildman–Crippen LogP) is 6.56. The highest BCUT2D eigenvalue weighted by atomic mass is 35.5. The van der Waals surface area contributed by atoms with E-state index < -0.39 is 0 Å². The Bertz CT molecular complexity index is 1270. The van der Waals surface area contributed by atoms with Gasteiger partial charge in [0.2, 0.25) is 0 Å². The molecule has 1 amide bonds. The molecule has 2 heterocycles. The zero-order chi connectivity index (χ0) is 22.3. The third kappa shape index (κ3) is 4.21. The lowest BCUT2D eigenvalue weighted by Crippen LogP contribution is -2.19. The Labute approximate surface area is 192 Å². The lowest BCUT2D eigenvalue weighted by atomic mass is 10.1. The first-order chi connectivity index (χ1) is 14.7. The second-order valence-corrected chi connectivity index (χ2v) is 9.23. The minimum absolute atomic E-state index is 0.140. The Morgan fingerprint density at radius 2 is 1.81 bits per heavy atom. The number of carbonyl (C=O) groups is 1. The highest BCUT2D eigenvalue weighted by Gasteiger charge is 2.25. The van der Waals surface area contributed by atoms with Crippen molar-refractivity contribution in [2.45, 2.75) is 34.6 Å². The van der Waals surface area contributed by atoms with Crippen molar-refractivity contribution in [2.24, 2.45) is 4.99 Å². The van der Waals surface area contributed by atoms with Crippen LogP contribution >= 0.6 is 23.4 Å². The van der Waals surface area contributed by atoms with E-state index in [0.29, 0.717) is 20.8 Å². The summed E-state index contributed by atoms with van der Waals surface area (Å²) in [5.41, 5.74) is 8.64. The molecule has 1 N–H and O–H groups in total. The summed E-state index contributed by atoms with van der Waals surface area (Å²) in [5, 5.41) is 4.07. The molecule has 1 saturated heterocycles. The van der Waals surface area contributed by atoms with Gasteiger partial charge in [0.15, 0.2) is 5.17 Å². The lowest BCUT2D eigenvalue weighted by Gasteiger charge is -2.14. The summed E-state index contributed by atoms with van der Waals surface area (Å²) in [6.45, 7) is 10.4. The van der Waals surface area contributed by atoms with Crippen LogP contribution in [0.1, 0.15) is 33.6 Å². The average molecular weight is 450 g/mol. The molecular weight excluding hydrogens is 426 g/mol. The highest BCUT2D eigenvalue weighted by Crippen LogP contribution is 2.32. The number of aryl methyl sites for hydroxylation is 3. The van der Waals surface area contributed by atoms with E-state index in [1.807, 2.05) is 25.1 Å². The maximum atomic E-state index is 12.6. The van der Waals surface area contributed by atoms with Gasteiger partial charge < -0.3 is 9.88 Å². The number of thioether (sulfide) groups is 1. The molecule has 0 radical (unpaired) electrons. The number of amides is 1. The monoisotopic (exact) mass is 449 g/mol. The van der Waals surface area contributed by atoms with Crippen LogP contribution in [-0.4, -0.2) is 15.6 Å². The topological polar surface area (TPSA) is 46.4 Å². The van der Waals surface area contributed by atoms with Crippen LogP contribution in [0.3, 0.4) is 0 Å². The molecule has 1 aliphatic rings. The second-order valence-electron chi connectivity index (χ2n) is 7.80. The smallest absolute Gasteiger partial charge is 0.264 e. The number of halogens is 1. The third-order valence-electron chi connectivity index (χ3n) is 5.61. The van der Waals surface area contributed by atoms with E-state index in [0.717, 1.165) is 22.5 Å². The highest BCUT2D eigenvalue weighted by molar-refractivity contribution is 8.18. The second kappa shape index (κ2) is 8.40. The molecule has 1 aliphatic heterocycles. The van der Waals surface area contributed by atoms with E-state index >= 15 is 0 Å².